The van der Waals surface area contributed by atoms with Crippen LogP contribution in [0, 0.1) is 5.92 Å². The van der Waals surface area contributed by atoms with E-state index in [1.54, 1.807) is 0 Å². The molecule has 0 aliphatic rings. The lowest BCUT2D eigenvalue weighted by atomic mass is 10.0. The molecule has 1 aromatic rings. The number of hydrogen-bond donors (Lipinski definition) is 1. The maximum absolute atomic E-state index is 6.31. The SMILES string of the molecule is CCC(NCC(C(C)C)N(C)C)c1ccc(Cl)cc1Cl. The van der Waals surface area contributed by atoms with Gasteiger partial charge in [-0.05, 0) is 44.1 Å². The summed E-state index contributed by atoms with van der Waals surface area (Å²) in [5.74, 6) is 0.607. The minimum Gasteiger partial charge on any atom is -0.308 e. The molecule has 0 fully saturated rings. The van der Waals surface area contributed by atoms with E-state index < -0.39 is 0 Å². The molecule has 20 heavy (non-hydrogen) atoms. The summed E-state index contributed by atoms with van der Waals surface area (Å²) >= 11 is 12.3. The molecule has 0 radical (unpaired) electrons. The Morgan fingerprint density at radius 1 is 1.20 bits per heavy atom. The van der Waals surface area contributed by atoms with Gasteiger partial charge in [0.25, 0.3) is 0 Å². The molecule has 0 amide bonds. The second-order valence-electron chi connectivity index (χ2n) is 5.81. The standard InChI is InChI=1S/C16H26Cl2N2/c1-6-15(13-8-7-12(17)9-14(13)18)19-10-16(11(2)3)20(4)5/h7-9,11,15-16,19H,6,10H2,1-5H3. The average Bonchev–Trinajstić information content (AvgIpc) is 2.34. The normalized spacial score (nSPS) is 14.8. The van der Waals surface area contributed by atoms with Gasteiger partial charge in [-0.25, -0.2) is 0 Å². The minimum absolute atomic E-state index is 0.265. The summed E-state index contributed by atoms with van der Waals surface area (Å²) in [6.07, 6.45) is 1.000. The van der Waals surface area contributed by atoms with Crippen LogP contribution >= 0.6 is 23.2 Å². The molecule has 4 heteroatoms. The van der Waals surface area contributed by atoms with Gasteiger partial charge in [0.05, 0.1) is 0 Å². The molecule has 114 valence electrons. The van der Waals surface area contributed by atoms with Crippen molar-refractivity contribution in [3.05, 3.63) is 33.8 Å². The third-order valence-corrected chi connectivity index (χ3v) is 4.31. The van der Waals surface area contributed by atoms with Gasteiger partial charge in [-0.1, -0.05) is 50.0 Å². The molecule has 0 saturated carbocycles. The largest absolute Gasteiger partial charge is 0.308 e. The summed E-state index contributed by atoms with van der Waals surface area (Å²) < 4.78 is 0. The zero-order valence-corrected chi connectivity index (χ0v) is 14.6. The van der Waals surface area contributed by atoms with Crippen molar-refractivity contribution in [2.24, 2.45) is 5.92 Å². The second-order valence-corrected chi connectivity index (χ2v) is 6.65. The van der Waals surface area contributed by atoms with Gasteiger partial charge >= 0.3 is 0 Å². The fourth-order valence-corrected chi connectivity index (χ4v) is 3.08. The lowest BCUT2D eigenvalue weighted by molar-refractivity contribution is 0.218. The maximum Gasteiger partial charge on any atom is 0.0468 e. The van der Waals surface area contributed by atoms with Crippen LogP contribution < -0.4 is 5.32 Å². The summed E-state index contributed by atoms with van der Waals surface area (Å²) in [6, 6.07) is 6.51. The van der Waals surface area contributed by atoms with Crippen molar-refractivity contribution < 1.29 is 0 Å². The van der Waals surface area contributed by atoms with Crippen LogP contribution in [0.15, 0.2) is 18.2 Å². The number of rotatable bonds is 7. The molecule has 0 aromatic heterocycles. The van der Waals surface area contributed by atoms with Gasteiger partial charge in [-0.15, -0.1) is 0 Å². The zero-order valence-electron chi connectivity index (χ0n) is 13.1. The van der Waals surface area contributed by atoms with Gasteiger partial charge in [-0.3, -0.25) is 0 Å². The molecule has 2 atom stereocenters. The van der Waals surface area contributed by atoms with Crippen molar-refractivity contribution in [3.63, 3.8) is 0 Å². The smallest absolute Gasteiger partial charge is 0.0468 e. The Morgan fingerprint density at radius 2 is 1.85 bits per heavy atom. The fraction of sp³-hybridized carbons (Fsp3) is 0.625. The highest BCUT2D eigenvalue weighted by molar-refractivity contribution is 6.35. The van der Waals surface area contributed by atoms with Crippen LogP contribution in [0.1, 0.15) is 38.8 Å². The molecule has 0 spiro atoms. The monoisotopic (exact) mass is 316 g/mol. The van der Waals surface area contributed by atoms with Gasteiger partial charge in [0.1, 0.15) is 0 Å². The first-order valence-electron chi connectivity index (χ1n) is 7.21. The Kier molecular flexibility index (Phi) is 7.32. The molecule has 0 saturated heterocycles. The minimum atomic E-state index is 0.265. The first-order valence-corrected chi connectivity index (χ1v) is 7.97. The first kappa shape index (κ1) is 17.8. The quantitative estimate of drug-likeness (QED) is 0.789. The summed E-state index contributed by atoms with van der Waals surface area (Å²) in [4.78, 5) is 2.27. The predicted octanol–water partition coefficient (Wildman–Crippen LogP) is 4.62. The predicted molar refractivity (Wildman–Crippen MR) is 89.8 cm³/mol. The molecule has 2 unspecified atom stereocenters. The van der Waals surface area contributed by atoms with E-state index in [1.807, 2.05) is 18.2 Å². The molecule has 1 aromatic carbocycles. The van der Waals surface area contributed by atoms with Gasteiger partial charge in [0.2, 0.25) is 0 Å². The highest BCUT2D eigenvalue weighted by Crippen LogP contribution is 2.28. The van der Waals surface area contributed by atoms with Crippen molar-refractivity contribution in [1.29, 1.82) is 0 Å². The third kappa shape index (κ3) is 4.92. The van der Waals surface area contributed by atoms with Crippen LogP contribution in [0.4, 0.5) is 0 Å². The Balaban J connectivity index is 2.76. The lowest BCUT2D eigenvalue weighted by Gasteiger charge is -2.30. The van der Waals surface area contributed by atoms with Crippen LogP contribution in [0.2, 0.25) is 10.0 Å². The van der Waals surface area contributed by atoms with E-state index in [9.17, 15) is 0 Å². The van der Waals surface area contributed by atoms with Crippen LogP contribution in [0.25, 0.3) is 0 Å². The molecule has 0 bridgehead atoms. The summed E-state index contributed by atoms with van der Waals surface area (Å²) in [5.41, 5.74) is 1.12. The van der Waals surface area contributed by atoms with Crippen molar-refractivity contribution in [1.82, 2.24) is 10.2 Å². The van der Waals surface area contributed by atoms with E-state index >= 15 is 0 Å². The third-order valence-electron chi connectivity index (χ3n) is 3.75. The van der Waals surface area contributed by atoms with Gasteiger partial charge < -0.3 is 10.2 Å². The molecular weight excluding hydrogens is 291 g/mol. The van der Waals surface area contributed by atoms with Crippen LogP contribution in [-0.2, 0) is 0 Å². The topological polar surface area (TPSA) is 15.3 Å². The van der Waals surface area contributed by atoms with E-state index in [0.717, 1.165) is 23.6 Å². The molecule has 1 N–H and O–H groups in total. The molecular formula is C16H26Cl2N2. The number of nitrogens with zero attached hydrogens (tertiary/aromatic N) is 1. The second kappa shape index (κ2) is 8.23. The summed E-state index contributed by atoms with van der Waals surface area (Å²) in [7, 11) is 4.26. The highest BCUT2D eigenvalue weighted by Gasteiger charge is 2.19. The number of likely N-dealkylation sites (N-methyl/N-ethyl adjacent to an activating group) is 1. The van der Waals surface area contributed by atoms with Gasteiger partial charge in [0.15, 0.2) is 0 Å². The number of hydrogen-bond acceptors (Lipinski definition) is 2. The van der Waals surface area contributed by atoms with Crippen molar-refractivity contribution in [2.45, 2.75) is 39.3 Å². The molecule has 1 rings (SSSR count). The molecule has 0 heterocycles. The zero-order chi connectivity index (χ0) is 15.3. The van der Waals surface area contributed by atoms with Crippen LogP contribution in [-0.4, -0.2) is 31.6 Å². The maximum atomic E-state index is 6.31. The Labute approximate surface area is 133 Å². The van der Waals surface area contributed by atoms with Gasteiger partial charge in [0, 0.05) is 28.7 Å². The summed E-state index contributed by atoms with van der Waals surface area (Å²) in [6.45, 7) is 7.62. The average molecular weight is 317 g/mol. The summed E-state index contributed by atoms with van der Waals surface area (Å²) in [5, 5.41) is 5.06. The van der Waals surface area contributed by atoms with E-state index in [-0.39, 0.29) is 6.04 Å². The number of benzene rings is 1. The van der Waals surface area contributed by atoms with Crippen molar-refractivity contribution in [3.8, 4) is 0 Å². The van der Waals surface area contributed by atoms with Crippen LogP contribution in [0.5, 0.6) is 0 Å². The number of halogens is 2. The molecule has 2 nitrogen and oxygen atoms in total. The highest BCUT2D eigenvalue weighted by atomic mass is 35.5. The van der Waals surface area contributed by atoms with E-state index in [0.29, 0.717) is 17.0 Å². The Hall–Kier alpha value is -0.280. The van der Waals surface area contributed by atoms with E-state index in [1.165, 1.54) is 0 Å². The number of nitrogens with one attached hydrogen (secondary N) is 1. The van der Waals surface area contributed by atoms with Crippen molar-refractivity contribution in [2.75, 3.05) is 20.6 Å². The van der Waals surface area contributed by atoms with Gasteiger partial charge in [-0.2, -0.15) is 0 Å². The van der Waals surface area contributed by atoms with Crippen LogP contribution in [0.3, 0.4) is 0 Å². The Morgan fingerprint density at radius 3 is 2.30 bits per heavy atom. The van der Waals surface area contributed by atoms with E-state index in [2.05, 4.69) is 45.1 Å². The van der Waals surface area contributed by atoms with E-state index in [4.69, 9.17) is 23.2 Å². The Bertz CT molecular complexity index is 411. The molecule has 0 aliphatic carbocycles. The lowest BCUT2D eigenvalue weighted by Crippen LogP contribution is -2.42. The fourth-order valence-electron chi connectivity index (χ4n) is 2.54. The first-order chi connectivity index (χ1) is 9.36. The van der Waals surface area contributed by atoms with Crippen molar-refractivity contribution >= 4 is 23.2 Å². The molecule has 0 aliphatic heterocycles.